The second-order valence-corrected chi connectivity index (χ2v) is 6.97. The standard InChI is InChI=1S/C16H9Cl2N3O2S/c1-8-2-4-10(23-8)7-13-15(22)21-16(24-13)19-14(20-21)11-5-3-9(17)6-12(11)18/h2-7H,1H3/b13-7+. The maximum Gasteiger partial charge on any atom is 0.291 e. The molecule has 0 fully saturated rings. The molecule has 0 atom stereocenters. The van der Waals surface area contributed by atoms with Gasteiger partial charge < -0.3 is 4.42 Å². The summed E-state index contributed by atoms with van der Waals surface area (Å²) in [6, 6.07) is 8.70. The van der Waals surface area contributed by atoms with Gasteiger partial charge in [-0.25, -0.2) is 0 Å². The number of aryl methyl sites for hydroxylation is 1. The average Bonchev–Trinajstić information content (AvgIpc) is 3.18. The topological polar surface area (TPSA) is 60.4 Å². The molecule has 5 nitrogen and oxygen atoms in total. The molecule has 0 amide bonds. The van der Waals surface area contributed by atoms with Crippen molar-refractivity contribution < 1.29 is 4.42 Å². The monoisotopic (exact) mass is 377 g/mol. The van der Waals surface area contributed by atoms with Gasteiger partial charge in [-0.2, -0.15) is 9.50 Å². The molecular weight excluding hydrogens is 369 g/mol. The lowest BCUT2D eigenvalue weighted by molar-refractivity contribution is 0.525. The summed E-state index contributed by atoms with van der Waals surface area (Å²) in [6.07, 6.45) is 1.69. The molecule has 0 unspecified atom stereocenters. The average molecular weight is 378 g/mol. The molecule has 8 heteroatoms. The molecule has 0 aliphatic carbocycles. The predicted molar refractivity (Wildman–Crippen MR) is 94.8 cm³/mol. The first-order valence-corrected chi connectivity index (χ1v) is 8.52. The zero-order chi connectivity index (χ0) is 16.8. The Balaban J connectivity index is 1.84. The number of nitrogens with zero attached hydrogens (tertiary/aromatic N) is 3. The molecule has 4 rings (SSSR count). The molecule has 1 aromatic carbocycles. The van der Waals surface area contributed by atoms with Crippen molar-refractivity contribution in [3.63, 3.8) is 0 Å². The zero-order valence-corrected chi connectivity index (χ0v) is 14.6. The Hall–Kier alpha value is -2.15. The molecule has 0 N–H and O–H groups in total. The van der Waals surface area contributed by atoms with Crippen LogP contribution in [0.15, 0.2) is 39.5 Å². The lowest BCUT2D eigenvalue weighted by Gasteiger charge is -1.98. The third-order valence-electron chi connectivity index (χ3n) is 3.39. The quantitative estimate of drug-likeness (QED) is 0.535. The number of furan rings is 1. The molecule has 0 saturated heterocycles. The van der Waals surface area contributed by atoms with Crippen LogP contribution in [0, 0.1) is 6.92 Å². The van der Waals surface area contributed by atoms with Crippen molar-refractivity contribution in [3.05, 3.63) is 66.8 Å². The van der Waals surface area contributed by atoms with Gasteiger partial charge in [-0.15, -0.1) is 5.10 Å². The number of hydrogen-bond donors (Lipinski definition) is 0. The van der Waals surface area contributed by atoms with Gasteiger partial charge in [0.25, 0.3) is 5.56 Å². The fourth-order valence-corrected chi connectivity index (χ4v) is 3.66. The molecule has 0 radical (unpaired) electrons. The van der Waals surface area contributed by atoms with Crippen molar-refractivity contribution in [2.45, 2.75) is 6.92 Å². The second kappa shape index (κ2) is 5.73. The van der Waals surface area contributed by atoms with Gasteiger partial charge >= 0.3 is 0 Å². The van der Waals surface area contributed by atoms with E-state index in [-0.39, 0.29) is 5.56 Å². The highest BCUT2D eigenvalue weighted by atomic mass is 35.5. The van der Waals surface area contributed by atoms with Crippen LogP contribution in [0.25, 0.3) is 22.4 Å². The molecular formula is C16H9Cl2N3O2S. The third kappa shape index (κ3) is 2.62. The molecule has 24 heavy (non-hydrogen) atoms. The Bertz CT molecular complexity index is 1180. The van der Waals surface area contributed by atoms with Crippen LogP contribution in [0.2, 0.25) is 10.0 Å². The lowest BCUT2D eigenvalue weighted by atomic mass is 10.2. The molecule has 0 aliphatic rings. The van der Waals surface area contributed by atoms with Crippen LogP contribution in [0.5, 0.6) is 0 Å². The number of fused-ring (bicyclic) bond motifs is 1. The van der Waals surface area contributed by atoms with Crippen molar-refractivity contribution >= 4 is 45.6 Å². The number of thiazole rings is 1. The maximum atomic E-state index is 12.5. The minimum absolute atomic E-state index is 0.243. The Morgan fingerprint density at radius 2 is 2.08 bits per heavy atom. The lowest BCUT2D eigenvalue weighted by Crippen LogP contribution is -2.23. The minimum atomic E-state index is -0.243. The van der Waals surface area contributed by atoms with E-state index in [1.165, 1.54) is 15.9 Å². The zero-order valence-electron chi connectivity index (χ0n) is 12.3. The van der Waals surface area contributed by atoms with E-state index in [1.54, 1.807) is 24.3 Å². The maximum absolute atomic E-state index is 12.5. The van der Waals surface area contributed by atoms with E-state index in [9.17, 15) is 4.79 Å². The first-order valence-electron chi connectivity index (χ1n) is 6.94. The number of hydrogen-bond acceptors (Lipinski definition) is 5. The molecule has 4 aromatic rings. The van der Waals surface area contributed by atoms with Gasteiger partial charge in [0.1, 0.15) is 16.1 Å². The second-order valence-electron chi connectivity index (χ2n) is 5.12. The Morgan fingerprint density at radius 1 is 1.25 bits per heavy atom. The van der Waals surface area contributed by atoms with E-state index in [4.69, 9.17) is 27.6 Å². The first-order chi connectivity index (χ1) is 11.5. The van der Waals surface area contributed by atoms with Crippen molar-refractivity contribution in [1.29, 1.82) is 0 Å². The highest BCUT2D eigenvalue weighted by Crippen LogP contribution is 2.28. The molecule has 0 spiro atoms. The van der Waals surface area contributed by atoms with Crippen LogP contribution in [0.1, 0.15) is 11.5 Å². The molecule has 3 heterocycles. The van der Waals surface area contributed by atoms with Crippen LogP contribution in [0.3, 0.4) is 0 Å². The summed E-state index contributed by atoms with van der Waals surface area (Å²) < 4.78 is 7.25. The molecule has 0 bridgehead atoms. The molecule has 120 valence electrons. The fourth-order valence-electron chi connectivity index (χ4n) is 2.28. The molecule has 3 aromatic heterocycles. The smallest absolute Gasteiger partial charge is 0.291 e. The number of rotatable bonds is 2. The Labute approximate surface area is 149 Å². The SMILES string of the molecule is Cc1ccc(/C=c2/sc3nc(-c4ccc(Cl)cc4Cl)nn3c2=O)o1. The van der Waals surface area contributed by atoms with E-state index in [1.807, 2.05) is 19.1 Å². The van der Waals surface area contributed by atoms with Crippen LogP contribution < -0.4 is 10.1 Å². The van der Waals surface area contributed by atoms with Gasteiger partial charge in [0.05, 0.1) is 5.02 Å². The summed E-state index contributed by atoms with van der Waals surface area (Å²) in [5.74, 6) is 1.79. The van der Waals surface area contributed by atoms with E-state index < -0.39 is 0 Å². The highest BCUT2D eigenvalue weighted by molar-refractivity contribution is 7.15. The van der Waals surface area contributed by atoms with E-state index in [0.29, 0.717) is 36.7 Å². The van der Waals surface area contributed by atoms with Crippen LogP contribution in [-0.2, 0) is 0 Å². The van der Waals surface area contributed by atoms with Crippen LogP contribution >= 0.6 is 34.5 Å². The van der Waals surface area contributed by atoms with Crippen LogP contribution in [0.4, 0.5) is 0 Å². The van der Waals surface area contributed by atoms with Gasteiger partial charge in [0, 0.05) is 16.7 Å². The number of halogens is 2. The third-order valence-corrected chi connectivity index (χ3v) is 4.90. The summed E-state index contributed by atoms with van der Waals surface area (Å²) in [5.41, 5.74) is 0.386. The largest absolute Gasteiger partial charge is 0.462 e. The fraction of sp³-hybridized carbons (Fsp3) is 0.0625. The van der Waals surface area contributed by atoms with Gasteiger partial charge in [-0.1, -0.05) is 34.5 Å². The van der Waals surface area contributed by atoms with E-state index in [2.05, 4.69) is 10.1 Å². The van der Waals surface area contributed by atoms with Gasteiger partial charge in [0.15, 0.2) is 5.82 Å². The predicted octanol–water partition coefficient (Wildman–Crippen LogP) is 3.57. The van der Waals surface area contributed by atoms with E-state index >= 15 is 0 Å². The summed E-state index contributed by atoms with van der Waals surface area (Å²) in [7, 11) is 0. The van der Waals surface area contributed by atoms with Crippen LogP contribution in [-0.4, -0.2) is 14.6 Å². The van der Waals surface area contributed by atoms with Gasteiger partial charge in [0.2, 0.25) is 4.96 Å². The normalized spacial score (nSPS) is 12.4. The van der Waals surface area contributed by atoms with E-state index in [0.717, 1.165) is 5.76 Å². The van der Waals surface area contributed by atoms with Crippen molar-refractivity contribution in [2.24, 2.45) is 0 Å². The number of benzene rings is 1. The molecule has 0 saturated carbocycles. The first kappa shape index (κ1) is 15.4. The van der Waals surface area contributed by atoms with Crippen molar-refractivity contribution in [3.8, 4) is 11.4 Å². The van der Waals surface area contributed by atoms with Crippen molar-refractivity contribution in [1.82, 2.24) is 14.6 Å². The van der Waals surface area contributed by atoms with Gasteiger partial charge in [-0.3, -0.25) is 4.79 Å². The van der Waals surface area contributed by atoms with Crippen molar-refractivity contribution in [2.75, 3.05) is 0 Å². The Kier molecular flexibility index (Phi) is 3.68. The summed E-state index contributed by atoms with van der Waals surface area (Å²) in [5, 5.41) is 5.23. The van der Waals surface area contributed by atoms with Gasteiger partial charge in [-0.05, 0) is 37.3 Å². The molecule has 0 aliphatic heterocycles. The minimum Gasteiger partial charge on any atom is -0.462 e. The summed E-state index contributed by atoms with van der Waals surface area (Å²) >= 11 is 13.3. The number of aromatic nitrogens is 3. The summed E-state index contributed by atoms with van der Waals surface area (Å²) in [6.45, 7) is 1.85. The highest BCUT2D eigenvalue weighted by Gasteiger charge is 2.14. The summed E-state index contributed by atoms with van der Waals surface area (Å²) in [4.78, 5) is 17.4. The Morgan fingerprint density at radius 3 is 2.75 bits per heavy atom.